The molecule has 0 spiro atoms. The van der Waals surface area contributed by atoms with Crippen LogP contribution in [0, 0.1) is 5.92 Å². The van der Waals surface area contributed by atoms with E-state index in [2.05, 4.69) is 4.72 Å². The highest BCUT2D eigenvalue weighted by molar-refractivity contribution is 7.90. The lowest BCUT2D eigenvalue weighted by Gasteiger charge is -2.33. The van der Waals surface area contributed by atoms with Gasteiger partial charge in [-0.3, -0.25) is 0 Å². The first-order chi connectivity index (χ1) is 5.93. The average molecular weight is 207 g/mol. The SMILES string of the molecule is CC(O)CNS(=O)(=O)C1CCC1C. The summed E-state index contributed by atoms with van der Waals surface area (Å²) in [7, 11) is -3.18. The molecule has 1 aliphatic carbocycles. The van der Waals surface area contributed by atoms with Crippen LogP contribution < -0.4 is 4.72 Å². The first-order valence-electron chi connectivity index (χ1n) is 4.60. The Morgan fingerprint density at radius 2 is 2.15 bits per heavy atom. The third-order valence-corrected chi connectivity index (χ3v) is 4.59. The number of nitrogens with one attached hydrogen (secondary N) is 1. The molecule has 1 saturated carbocycles. The zero-order valence-corrected chi connectivity index (χ0v) is 8.84. The zero-order chi connectivity index (χ0) is 10.1. The van der Waals surface area contributed by atoms with Crippen LogP contribution in [0.15, 0.2) is 0 Å². The van der Waals surface area contributed by atoms with Gasteiger partial charge < -0.3 is 5.11 Å². The largest absolute Gasteiger partial charge is 0.392 e. The van der Waals surface area contributed by atoms with Gasteiger partial charge in [0.2, 0.25) is 10.0 Å². The molecule has 3 unspecified atom stereocenters. The number of rotatable bonds is 4. The molecule has 4 nitrogen and oxygen atoms in total. The topological polar surface area (TPSA) is 66.4 Å². The van der Waals surface area contributed by atoms with E-state index >= 15 is 0 Å². The van der Waals surface area contributed by atoms with E-state index in [4.69, 9.17) is 5.11 Å². The Hall–Kier alpha value is -0.130. The third kappa shape index (κ3) is 2.65. The Bertz CT molecular complexity index is 261. The predicted molar refractivity (Wildman–Crippen MR) is 50.8 cm³/mol. The molecule has 2 N–H and O–H groups in total. The standard InChI is InChI=1S/C8H17NO3S/c1-6-3-4-8(6)13(11,12)9-5-7(2)10/h6-10H,3-5H2,1-2H3. The van der Waals surface area contributed by atoms with Crippen LogP contribution in [0.2, 0.25) is 0 Å². The minimum atomic E-state index is -3.18. The molecular formula is C8H17NO3S. The fraction of sp³-hybridized carbons (Fsp3) is 1.00. The van der Waals surface area contributed by atoms with Crippen LogP contribution >= 0.6 is 0 Å². The van der Waals surface area contributed by atoms with Crippen molar-refractivity contribution in [3.63, 3.8) is 0 Å². The number of hydrogen-bond donors (Lipinski definition) is 2. The van der Waals surface area contributed by atoms with Gasteiger partial charge in [0.15, 0.2) is 0 Å². The van der Waals surface area contributed by atoms with Gasteiger partial charge in [0.25, 0.3) is 0 Å². The molecule has 1 aliphatic rings. The normalized spacial score (nSPS) is 31.0. The van der Waals surface area contributed by atoms with Gasteiger partial charge in [0.1, 0.15) is 0 Å². The summed E-state index contributed by atoms with van der Waals surface area (Å²) in [5.41, 5.74) is 0. The first-order valence-corrected chi connectivity index (χ1v) is 6.14. The van der Waals surface area contributed by atoms with Crippen LogP contribution in [0.3, 0.4) is 0 Å². The minimum absolute atomic E-state index is 0.117. The lowest BCUT2D eigenvalue weighted by molar-refractivity contribution is 0.198. The zero-order valence-electron chi connectivity index (χ0n) is 8.03. The van der Waals surface area contributed by atoms with Crippen LogP contribution in [-0.4, -0.2) is 31.4 Å². The highest BCUT2D eigenvalue weighted by Crippen LogP contribution is 2.32. The predicted octanol–water partition coefficient (Wildman–Crippen LogP) is 0.0851. The Kier molecular flexibility index (Phi) is 3.32. The number of hydrogen-bond acceptors (Lipinski definition) is 3. The fourth-order valence-electron chi connectivity index (χ4n) is 1.44. The number of aliphatic hydroxyl groups is 1. The third-order valence-electron chi connectivity index (χ3n) is 2.52. The molecule has 0 aromatic carbocycles. The van der Waals surface area contributed by atoms with Crippen molar-refractivity contribution >= 4 is 10.0 Å². The van der Waals surface area contributed by atoms with Gasteiger partial charge in [-0.25, -0.2) is 13.1 Å². The molecule has 0 aromatic heterocycles. The Morgan fingerprint density at radius 1 is 1.54 bits per heavy atom. The molecule has 78 valence electrons. The van der Waals surface area contributed by atoms with E-state index in [-0.39, 0.29) is 17.7 Å². The summed E-state index contributed by atoms with van der Waals surface area (Å²) >= 11 is 0. The molecule has 0 bridgehead atoms. The Labute approximate surface area is 79.4 Å². The molecule has 0 heterocycles. The summed E-state index contributed by atoms with van der Waals surface area (Å²) in [5, 5.41) is 8.68. The van der Waals surface area contributed by atoms with Gasteiger partial charge in [0.05, 0.1) is 11.4 Å². The fourth-order valence-corrected chi connectivity index (χ4v) is 3.32. The van der Waals surface area contributed by atoms with Gasteiger partial charge >= 0.3 is 0 Å². The van der Waals surface area contributed by atoms with E-state index in [1.807, 2.05) is 6.92 Å². The summed E-state index contributed by atoms with van der Waals surface area (Å²) in [6.07, 6.45) is 1.11. The lowest BCUT2D eigenvalue weighted by Crippen LogP contribution is -2.45. The Balaban J connectivity index is 2.46. The van der Waals surface area contributed by atoms with E-state index in [1.165, 1.54) is 0 Å². The molecule has 0 aromatic rings. The molecule has 0 radical (unpaired) electrons. The van der Waals surface area contributed by atoms with Crippen LogP contribution in [0.4, 0.5) is 0 Å². The van der Waals surface area contributed by atoms with E-state index in [1.54, 1.807) is 6.92 Å². The maximum absolute atomic E-state index is 11.5. The molecule has 5 heteroatoms. The first kappa shape index (κ1) is 10.9. The molecule has 1 fully saturated rings. The van der Waals surface area contributed by atoms with Crippen molar-refractivity contribution in [1.29, 1.82) is 0 Å². The van der Waals surface area contributed by atoms with Crippen LogP contribution in [0.5, 0.6) is 0 Å². The summed E-state index contributed by atoms with van der Waals surface area (Å²) in [6.45, 7) is 3.62. The van der Waals surface area contributed by atoms with Crippen molar-refractivity contribution in [2.75, 3.05) is 6.54 Å². The maximum atomic E-state index is 11.5. The second-order valence-electron chi connectivity index (χ2n) is 3.84. The van der Waals surface area contributed by atoms with Crippen LogP contribution in [0.1, 0.15) is 26.7 Å². The lowest BCUT2D eigenvalue weighted by atomic mass is 9.87. The van der Waals surface area contributed by atoms with Crippen molar-refractivity contribution < 1.29 is 13.5 Å². The maximum Gasteiger partial charge on any atom is 0.214 e. The second-order valence-corrected chi connectivity index (χ2v) is 5.82. The van der Waals surface area contributed by atoms with Crippen molar-refractivity contribution in [1.82, 2.24) is 4.72 Å². The van der Waals surface area contributed by atoms with E-state index in [9.17, 15) is 8.42 Å². The number of aliphatic hydroxyl groups excluding tert-OH is 1. The molecule has 3 atom stereocenters. The summed E-state index contributed by atoms with van der Waals surface area (Å²) in [4.78, 5) is 0. The number of sulfonamides is 1. The van der Waals surface area contributed by atoms with E-state index in [0.29, 0.717) is 0 Å². The molecule has 0 amide bonds. The highest BCUT2D eigenvalue weighted by Gasteiger charge is 2.37. The van der Waals surface area contributed by atoms with Gasteiger partial charge in [0, 0.05) is 6.54 Å². The average Bonchev–Trinajstić information content (AvgIpc) is 1.97. The second kappa shape index (κ2) is 3.94. The smallest absolute Gasteiger partial charge is 0.214 e. The van der Waals surface area contributed by atoms with Gasteiger partial charge in [-0.2, -0.15) is 0 Å². The highest BCUT2D eigenvalue weighted by atomic mass is 32.2. The monoisotopic (exact) mass is 207 g/mol. The van der Waals surface area contributed by atoms with Gasteiger partial charge in [-0.1, -0.05) is 6.92 Å². The molecule has 0 aliphatic heterocycles. The van der Waals surface area contributed by atoms with Crippen molar-refractivity contribution in [2.24, 2.45) is 5.92 Å². The van der Waals surface area contributed by atoms with Crippen molar-refractivity contribution in [3.8, 4) is 0 Å². The van der Waals surface area contributed by atoms with Crippen molar-refractivity contribution in [2.45, 2.75) is 38.0 Å². The summed E-state index contributed by atoms with van der Waals surface area (Å²) < 4.78 is 25.4. The quantitative estimate of drug-likeness (QED) is 0.686. The molecule has 0 saturated heterocycles. The Morgan fingerprint density at radius 3 is 2.46 bits per heavy atom. The molecule has 13 heavy (non-hydrogen) atoms. The van der Waals surface area contributed by atoms with Crippen LogP contribution in [0.25, 0.3) is 0 Å². The van der Waals surface area contributed by atoms with E-state index in [0.717, 1.165) is 12.8 Å². The molecular weight excluding hydrogens is 190 g/mol. The minimum Gasteiger partial charge on any atom is -0.392 e. The summed E-state index contributed by atoms with van der Waals surface area (Å²) in [6, 6.07) is 0. The van der Waals surface area contributed by atoms with E-state index < -0.39 is 16.1 Å². The van der Waals surface area contributed by atoms with Gasteiger partial charge in [-0.05, 0) is 25.7 Å². The van der Waals surface area contributed by atoms with Crippen molar-refractivity contribution in [3.05, 3.63) is 0 Å². The van der Waals surface area contributed by atoms with Crippen LogP contribution in [-0.2, 0) is 10.0 Å². The molecule has 1 rings (SSSR count). The van der Waals surface area contributed by atoms with Gasteiger partial charge in [-0.15, -0.1) is 0 Å². The summed E-state index contributed by atoms with van der Waals surface area (Å²) in [5.74, 6) is 0.256.